The first-order chi connectivity index (χ1) is 19.0. The van der Waals surface area contributed by atoms with Crippen LogP contribution in [0.3, 0.4) is 0 Å². The van der Waals surface area contributed by atoms with Crippen molar-refractivity contribution in [2.75, 3.05) is 62.0 Å². The normalized spacial score (nSPS) is 19.5. The van der Waals surface area contributed by atoms with Gasteiger partial charge in [-0.25, -0.2) is 9.97 Å². The number of hydrogen-bond acceptors (Lipinski definition) is 9. The van der Waals surface area contributed by atoms with Crippen LogP contribution in [0.1, 0.15) is 36.2 Å². The van der Waals surface area contributed by atoms with Gasteiger partial charge in [0, 0.05) is 67.1 Å². The van der Waals surface area contributed by atoms with Crippen molar-refractivity contribution in [3.8, 4) is 11.3 Å². The number of piperidine rings is 1. The minimum atomic E-state index is -0.640. The lowest BCUT2D eigenvalue weighted by molar-refractivity contribution is 0.0904. The number of rotatable bonds is 7. The Labute approximate surface area is 229 Å². The number of ether oxygens (including phenoxy) is 1. The third kappa shape index (κ3) is 5.53. The highest BCUT2D eigenvalue weighted by atomic mass is 16.5. The number of aromatic nitrogens is 3. The average Bonchev–Trinajstić information content (AvgIpc) is 2.94. The van der Waals surface area contributed by atoms with Crippen molar-refractivity contribution >= 4 is 28.9 Å². The van der Waals surface area contributed by atoms with Gasteiger partial charge in [0.1, 0.15) is 5.69 Å². The number of carbonyl (C=O) groups excluding carboxylic acids is 1. The number of nitrogens with two attached hydrogens (primary N) is 1. The molecule has 3 aromatic rings. The van der Waals surface area contributed by atoms with E-state index in [0.29, 0.717) is 36.0 Å². The topological polar surface area (TPSA) is 122 Å². The van der Waals surface area contributed by atoms with Gasteiger partial charge in [-0.3, -0.25) is 9.78 Å². The molecule has 0 radical (unpaired) electrons. The lowest BCUT2D eigenvalue weighted by Gasteiger charge is -2.54. The molecule has 10 nitrogen and oxygen atoms in total. The molecule has 1 amide bonds. The SMILES string of the molecule is CN1CCC2(CC1)CN(c1ccc(Nc3nc(NC4CCOCC4)c(-c4ccncc4)nc3C(N)=O)cc1)C2. The van der Waals surface area contributed by atoms with E-state index in [4.69, 9.17) is 20.4 Å². The highest BCUT2D eigenvalue weighted by Gasteiger charge is 2.44. The lowest BCUT2D eigenvalue weighted by Crippen LogP contribution is -2.60. The van der Waals surface area contributed by atoms with Gasteiger partial charge in [-0.1, -0.05) is 0 Å². The maximum absolute atomic E-state index is 12.5. The van der Waals surface area contributed by atoms with Crippen LogP contribution in [0.15, 0.2) is 48.8 Å². The third-order valence-electron chi connectivity index (χ3n) is 8.24. The number of anilines is 4. The molecule has 2 aromatic heterocycles. The van der Waals surface area contributed by atoms with Crippen molar-refractivity contribution in [2.24, 2.45) is 11.1 Å². The largest absolute Gasteiger partial charge is 0.381 e. The first-order valence-corrected chi connectivity index (χ1v) is 13.8. The summed E-state index contributed by atoms with van der Waals surface area (Å²) in [5.74, 6) is 0.289. The van der Waals surface area contributed by atoms with Crippen LogP contribution in [-0.4, -0.2) is 78.2 Å². The van der Waals surface area contributed by atoms with Crippen molar-refractivity contribution in [1.82, 2.24) is 19.9 Å². The monoisotopic (exact) mass is 528 g/mol. The summed E-state index contributed by atoms with van der Waals surface area (Å²) in [6.07, 6.45) is 7.67. The summed E-state index contributed by atoms with van der Waals surface area (Å²) in [6.45, 7) is 5.99. The Morgan fingerprint density at radius 3 is 2.36 bits per heavy atom. The van der Waals surface area contributed by atoms with Crippen molar-refractivity contribution < 1.29 is 9.53 Å². The number of carbonyl (C=O) groups is 1. The van der Waals surface area contributed by atoms with Crippen LogP contribution in [0.25, 0.3) is 11.3 Å². The molecule has 1 spiro atoms. The van der Waals surface area contributed by atoms with Crippen molar-refractivity contribution in [3.05, 3.63) is 54.5 Å². The van der Waals surface area contributed by atoms with Crippen LogP contribution in [0.4, 0.5) is 23.0 Å². The van der Waals surface area contributed by atoms with Gasteiger partial charge in [-0.05, 0) is 82.2 Å². The summed E-state index contributed by atoms with van der Waals surface area (Å²) in [4.78, 5) is 31.0. The summed E-state index contributed by atoms with van der Waals surface area (Å²) in [6, 6.07) is 12.2. The Morgan fingerprint density at radius 1 is 1.00 bits per heavy atom. The maximum atomic E-state index is 12.5. The molecule has 3 saturated heterocycles. The second-order valence-electron chi connectivity index (χ2n) is 11.1. The molecule has 1 aromatic carbocycles. The molecule has 3 fully saturated rings. The van der Waals surface area contributed by atoms with Crippen LogP contribution in [-0.2, 0) is 4.74 Å². The molecule has 0 bridgehead atoms. The minimum Gasteiger partial charge on any atom is -0.381 e. The fourth-order valence-corrected chi connectivity index (χ4v) is 5.79. The molecule has 3 aliphatic heterocycles. The molecule has 4 N–H and O–H groups in total. The zero-order valence-electron chi connectivity index (χ0n) is 22.4. The Hall–Kier alpha value is -3.76. The number of benzene rings is 1. The van der Waals surface area contributed by atoms with Crippen LogP contribution in [0, 0.1) is 5.41 Å². The molecule has 3 aliphatic rings. The van der Waals surface area contributed by atoms with E-state index in [2.05, 4.69) is 44.6 Å². The molecular weight excluding hydrogens is 492 g/mol. The van der Waals surface area contributed by atoms with Crippen LogP contribution in [0.5, 0.6) is 0 Å². The molecule has 0 atom stereocenters. The molecule has 204 valence electrons. The van der Waals surface area contributed by atoms with E-state index < -0.39 is 5.91 Å². The average molecular weight is 529 g/mol. The van der Waals surface area contributed by atoms with E-state index in [-0.39, 0.29) is 11.7 Å². The standard InChI is InChI=1S/C29H36N8O2/c1-36-14-10-29(11-15-36)18-37(19-29)23-4-2-21(3-5-23)32-28-25(26(30)38)34-24(20-6-12-31-13-7-20)27(35-28)33-22-8-16-39-17-9-22/h2-7,12-13,22H,8-11,14-19H2,1H3,(H2,30,38)(H2,32,33,35). The highest BCUT2D eigenvalue weighted by molar-refractivity contribution is 5.97. The number of amides is 1. The Bertz CT molecular complexity index is 1290. The fraction of sp³-hybridized carbons (Fsp3) is 0.448. The van der Waals surface area contributed by atoms with Crippen molar-refractivity contribution in [1.29, 1.82) is 0 Å². The number of hydrogen-bond donors (Lipinski definition) is 3. The first-order valence-electron chi connectivity index (χ1n) is 13.8. The van der Waals surface area contributed by atoms with Crippen LogP contribution >= 0.6 is 0 Å². The van der Waals surface area contributed by atoms with E-state index in [1.54, 1.807) is 12.4 Å². The van der Waals surface area contributed by atoms with E-state index in [1.165, 1.54) is 31.6 Å². The molecule has 0 saturated carbocycles. The van der Waals surface area contributed by atoms with Gasteiger partial charge in [-0.2, -0.15) is 0 Å². The zero-order chi connectivity index (χ0) is 26.8. The predicted molar refractivity (Wildman–Crippen MR) is 152 cm³/mol. The van der Waals surface area contributed by atoms with E-state index >= 15 is 0 Å². The summed E-state index contributed by atoms with van der Waals surface area (Å²) >= 11 is 0. The smallest absolute Gasteiger partial charge is 0.271 e. The Balaban J connectivity index is 1.23. The Morgan fingerprint density at radius 2 is 1.69 bits per heavy atom. The number of nitrogens with one attached hydrogen (secondary N) is 2. The van der Waals surface area contributed by atoms with E-state index in [1.807, 2.05) is 24.3 Å². The van der Waals surface area contributed by atoms with E-state index in [0.717, 1.165) is 37.2 Å². The predicted octanol–water partition coefficient (Wildman–Crippen LogP) is 3.50. The first kappa shape index (κ1) is 25.5. The molecular formula is C29H36N8O2. The van der Waals surface area contributed by atoms with E-state index in [9.17, 15) is 4.79 Å². The number of pyridine rings is 1. The van der Waals surface area contributed by atoms with Gasteiger partial charge in [-0.15, -0.1) is 0 Å². The summed E-state index contributed by atoms with van der Waals surface area (Å²) in [5.41, 5.74) is 9.74. The van der Waals surface area contributed by atoms with Crippen molar-refractivity contribution in [2.45, 2.75) is 31.7 Å². The van der Waals surface area contributed by atoms with Gasteiger partial charge in [0.25, 0.3) is 5.91 Å². The lowest BCUT2D eigenvalue weighted by atomic mass is 9.72. The van der Waals surface area contributed by atoms with Crippen LogP contribution < -0.4 is 21.3 Å². The number of primary amides is 1. The summed E-state index contributed by atoms with van der Waals surface area (Å²) in [7, 11) is 2.21. The van der Waals surface area contributed by atoms with Crippen molar-refractivity contribution in [3.63, 3.8) is 0 Å². The quantitative estimate of drug-likeness (QED) is 0.423. The zero-order valence-corrected chi connectivity index (χ0v) is 22.4. The maximum Gasteiger partial charge on any atom is 0.271 e. The second-order valence-corrected chi connectivity index (χ2v) is 11.1. The third-order valence-corrected chi connectivity index (χ3v) is 8.24. The van der Waals surface area contributed by atoms with Gasteiger partial charge < -0.3 is 30.9 Å². The second kappa shape index (κ2) is 10.8. The molecule has 39 heavy (non-hydrogen) atoms. The summed E-state index contributed by atoms with van der Waals surface area (Å²) < 4.78 is 5.52. The Kier molecular flexibility index (Phi) is 7.05. The highest BCUT2D eigenvalue weighted by Crippen LogP contribution is 2.42. The van der Waals surface area contributed by atoms with Gasteiger partial charge >= 0.3 is 0 Å². The summed E-state index contributed by atoms with van der Waals surface area (Å²) in [5, 5.41) is 6.83. The molecule has 6 rings (SSSR count). The fourth-order valence-electron chi connectivity index (χ4n) is 5.79. The molecule has 5 heterocycles. The number of likely N-dealkylation sites (tertiary alicyclic amines) is 1. The number of nitrogens with zero attached hydrogens (tertiary/aromatic N) is 5. The minimum absolute atomic E-state index is 0.0929. The van der Waals surface area contributed by atoms with Gasteiger partial charge in [0.15, 0.2) is 17.3 Å². The van der Waals surface area contributed by atoms with Gasteiger partial charge in [0.05, 0.1) is 0 Å². The molecule has 0 unspecified atom stereocenters. The van der Waals surface area contributed by atoms with Gasteiger partial charge in [0.2, 0.25) is 0 Å². The molecule has 0 aliphatic carbocycles. The van der Waals surface area contributed by atoms with Crippen LogP contribution in [0.2, 0.25) is 0 Å². The molecule has 10 heteroatoms.